The van der Waals surface area contributed by atoms with E-state index in [1.807, 2.05) is 6.07 Å². The van der Waals surface area contributed by atoms with Crippen LogP contribution in [0.1, 0.15) is 18.4 Å². The molecule has 1 aliphatic rings. The first-order valence-corrected chi connectivity index (χ1v) is 13.7. The van der Waals surface area contributed by atoms with Gasteiger partial charge in [0.05, 0.1) is 38.0 Å². The molecule has 0 spiro atoms. The molecular formula is C29H27ClN4O7S. The zero-order chi connectivity index (χ0) is 30.1. The van der Waals surface area contributed by atoms with Gasteiger partial charge in [0.1, 0.15) is 16.3 Å². The summed E-state index contributed by atoms with van der Waals surface area (Å²) in [6.07, 6.45) is 2.36. The van der Waals surface area contributed by atoms with Crippen LogP contribution in [0.25, 0.3) is 11.0 Å². The summed E-state index contributed by atoms with van der Waals surface area (Å²) in [5, 5.41) is 6.76. The smallest absolute Gasteiger partial charge is 0.253 e. The van der Waals surface area contributed by atoms with Gasteiger partial charge in [0, 0.05) is 48.1 Å². The fraction of sp³-hybridized carbons (Fsp3) is 0.241. The topological polar surface area (TPSA) is 140 Å². The third-order valence-electron chi connectivity index (χ3n) is 6.02. The molecule has 0 atom stereocenters. The number of nitrogens with one attached hydrogen (secondary N) is 2. The maximum absolute atomic E-state index is 12.5. The van der Waals surface area contributed by atoms with Crippen molar-refractivity contribution in [3.63, 3.8) is 0 Å². The number of imide groups is 1. The largest absolute Gasteiger partial charge is 0.496 e. The number of carbonyl (C=O) groups excluding carboxylic acids is 4. The van der Waals surface area contributed by atoms with Crippen molar-refractivity contribution in [3.05, 3.63) is 76.8 Å². The highest BCUT2D eigenvalue weighted by molar-refractivity contribution is 7.80. The van der Waals surface area contributed by atoms with E-state index in [9.17, 15) is 19.2 Å². The molecule has 11 nitrogen and oxygen atoms in total. The summed E-state index contributed by atoms with van der Waals surface area (Å²) in [7, 11) is 1.50. The van der Waals surface area contributed by atoms with Crippen molar-refractivity contribution in [2.75, 3.05) is 33.4 Å². The summed E-state index contributed by atoms with van der Waals surface area (Å²) in [5.41, 5.74) is 2.03. The second-order valence-electron chi connectivity index (χ2n) is 8.95. The average Bonchev–Trinajstić information content (AvgIpc) is 3.30. The van der Waals surface area contributed by atoms with Gasteiger partial charge >= 0.3 is 0 Å². The monoisotopic (exact) mass is 610 g/mol. The van der Waals surface area contributed by atoms with E-state index in [4.69, 9.17) is 37.7 Å². The number of amides is 4. The number of ether oxygens (including phenoxy) is 2. The van der Waals surface area contributed by atoms with E-state index in [1.165, 1.54) is 19.3 Å². The summed E-state index contributed by atoms with van der Waals surface area (Å²) in [6, 6.07) is 14.0. The Balaban J connectivity index is 1.22. The first-order valence-electron chi connectivity index (χ1n) is 12.9. The lowest BCUT2D eigenvalue weighted by atomic mass is 10.1. The predicted molar refractivity (Wildman–Crippen MR) is 158 cm³/mol. The molecule has 0 bridgehead atoms. The number of methoxy groups -OCH3 is 1. The van der Waals surface area contributed by atoms with Crippen LogP contribution in [-0.2, 0) is 23.9 Å². The Morgan fingerprint density at radius 3 is 2.55 bits per heavy atom. The van der Waals surface area contributed by atoms with Crippen molar-refractivity contribution in [1.29, 1.82) is 0 Å². The van der Waals surface area contributed by atoms with Crippen LogP contribution in [0, 0.1) is 0 Å². The molecule has 4 rings (SSSR count). The highest BCUT2D eigenvalue weighted by Crippen LogP contribution is 2.25. The average molecular weight is 611 g/mol. The predicted octanol–water partition coefficient (Wildman–Crippen LogP) is 2.96. The molecule has 0 saturated carbocycles. The quantitative estimate of drug-likeness (QED) is 0.181. The van der Waals surface area contributed by atoms with Gasteiger partial charge in [0.25, 0.3) is 11.8 Å². The lowest BCUT2D eigenvalue weighted by Gasteiger charge is -2.13. The van der Waals surface area contributed by atoms with Gasteiger partial charge in [-0.25, -0.2) is 4.99 Å². The van der Waals surface area contributed by atoms with Gasteiger partial charge in [-0.1, -0.05) is 23.8 Å². The van der Waals surface area contributed by atoms with Crippen molar-refractivity contribution in [2.45, 2.75) is 12.8 Å². The van der Waals surface area contributed by atoms with Gasteiger partial charge in [-0.15, -0.1) is 0 Å². The minimum Gasteiger partial charge on any atom is -0.496 e. The van der Waals surface area contributed by atoms with Crippen LogP contribution in [0.15, 0.2) is 70.1 Å². The molecule has 2 heterocycles. The first-order chi connectivity index (χ1) is 20.2. The Kier molecular flexibility index (Phi) is 10.5. The molecule has 13 heteroatoms. The van der Waals surface area contributed by atoms with Crippen LogP contribution in [-0.4, -0.2) is 66.9 Å². The number of thiocarbonyl (C=S) groups is 1. The minimum atomic E-state index is -0.432. The van der Waals surface area contributed by atoms with Crippen LogP contribution in [0.3, 0.4) is 0 Å². The molecule has 0 fully saturated rings. The summed E-state index contributed by atoms with van der Waals surface area (Å²) in [5.74, 6) is -1.08. The number of fused-ring (bicyclic) bond motifs is 1. The maximum Gasteiger partial charge on any atom is 0.253 e. The van der Waals surface area contributed by atoms with Crippen molar-refractivity contribution < 1.29 is 33.1 Å². The van der Waals surface area contributed by atoms with Gasteiger partial charge in [-0.3, -0.25) is 24.1 Å². The van der Waals surface area contributed by atoms with E-state index in [0.717, 1.165) is 10.3 Å². The summed E-state index contributed by atoms with van der Waals surface area (Å²) < 4.78 is 16.7. The number of hydrogen-bond donors (Lipinski definition) is 2. The van der Waals surface area contributed by atoms with E-state index < -0.39 is 11.8 Å². The summed E-state index contributed by atoms with van der Waals surface area (Å²) in [6.45, 7) is 0.502. The lowest BCUT2D eigenvalue weighted by molar-refractivity contribution is -0.137. The Morgan fingerprint density at radius 1 is 1.00 bits per heavy atom. The normalized spacial score (nSPS) is 13.1. The van der Waals surface area contributed by atoms with E-state index in [1.54, 1.807) is 42.5 Å². The minimum absolute atomic E-state index is 0.00766. The Morgan fingerprint density at radius 2 is 1.79 bits per heavy atom. The second-order valence-corrected chi connectivity index (χ2v) is 9.80. The number of hydrogen-bond acceptors (Lipinski definition) is 9. The third-order valence-corrected chi connectivity index (χ3v) is 6.57. The number of carbonyl (C=O) groups is 4. The van der Waals surface area contributed by atoms with Crippen LogP contribution < -0.4 is 20.9 Å². The maximum atomic E-state index is 12.5. The SMILES string of the molecule is COc1ccc(/N=c2/ccc3cc(Cl)ccc3o2)cc1C(=S)NC(=O)CCOCCNC(=O)CCN1C(=O)C=CC1=O. The number of benzene rings is 2. The molecule has 4 amide bonds. The Bertz CT molecular complexity index is 1620. The van der Waals surface area contributed by atoms with E-state index in [0.29, 0.717) is 33.2 Å². The molecular weight excluding hydrogens is 584 g/mol. The standard InChI is InChI=1S/C29H27ClN4O7S/c1-39-23-6-4-20(32-26-7-2-18-16-19(30)3-5-22(18)41-26)17-21(23)29(42)33-25(36)11-14-40-15-12-31-24(35)10-13-34-27(37)8-9-28(34)38/h2-9,16-17H,10-15H2,1H3,(H,31,35)(H,33,36,42)/b32-26-. The summed E-state index contributed by atoms with van der Waals surface area (Å²) >= 11 is 11.5. The molecule has 1 aromatic heterocycles. The van der Waals surface area contributed by atoms with E-state index in [-0.39, 0.29) is 55.9 Å². The molecule has 42 heavy (non-hydrogen) atoms. The molecule has 218 valence electrons. The van der Waals surface area contributed by atoms with Crippen molar-refractivity contribution in [3.8, 4) is 5.75 Å². The molecule has 1 aliphatic heterocycles. The van der Waals surface area contributed by atoms with E-state index in [2.05, 4.69) is 15.6 Å². The molecule has 0 radical (unpaired) electrons. The highest BCUT2D eigenvalue weighted by atomic mass is 35.5. The fourth-order valence-corrected chi connectivity index (χ4v) is 4.37. The highest BCUT2D eigenvalue weighted by Gasteiger charge is 2.23. The lowest BCUT2D eigenvalue weighted by Crippen LogP contribution is -2.35. The third kappa shape index (κ3) is 8.32. The molecule has 2 N–H and O–H groups in total. The van der Waals surface area contributed by atoms with Crippen LogP contribution in [0.2, 0.25) is 5.02 Å². The van der Waals surface area contributed by atoms with Gasteiger partial charge in [0.2, 0.25) is 17.4 Å². The van der Waals surface area contributed by atoms with Gasteiger partial charge in [0.15, 0.2) is 0 Å². The first kappa shape index (κ1) is 30.6. The number of nitrogens with zero attached hydrogens (tertiary/aromatic N) is 2. The Labute approximate surface area is 251 Å². The Hall–Kier alpha value is -4.39. The molecule has 0 aliphatic carbocycles. The zero-order valence-electron chi connectivity index (χ0n) is 22.6. The molecule has 2 aromatic carbocycles. The van der Waals surface area contributed by atoms with Gasteiger partial charge in [-0.2, -0.15) is 0 Å². The molecule has 0 unspecified atom stereocenters. The van der Waals surface area contributed by atoms with Crippen molar-refractivity contribution in [1.82, 2.24) is 15.5 Å². The van der Waals surface area contributed by atoms with Gasteiger partial charge in [-0.05, 0) is 42.5 Å². The van der Waals surface area contributed by atoms with Crippen molar-refractivity contribution in [2.24, 2.45) is 4.99 Å². The van der Waals surface area contributed by atoms with E-state index >= 15 is 0 Å². The number of rotatable bonds is 12. The van der Waals surface area contributed by atoms with Gasteiger partial charge < -0.3 is 24.5 Å². The van der Waals surface area contributed by atoms with Crippen LogP contribution >= 0.6 is 23.8 Å². The second kappa shape index (κ2) is 14.5. The van der Waals surface area contributed by atoms with Crippen LogP contribution in [0.5, 0.6) is 5.75 Å². The summed E-state index contributed by atoms with van der Waals surface area (Å²) in [4.78, 5) is 53.1. The number of halogens is 1. The molecule has 3 aromatic rings. The fourth-order valence-electron chi connectivity index (χ4n) is 3.92. The zero-order valence-corrected chi connectivity index (χ0v) is 24.1. The van der Waals surface area contributed by atoms with Crippen molar-refractivity contribution >= 4 is 69.1 Å². The molecule has 0 saturated heterocycles. The van der Waals surface area contributed by atoms with Crippen LogP contribution in [0.4, 0.5) is 5.69 Å².